The van der Waals surface area contributed by atoms with Crippen LogP contribution in [0.3, 0.4) is 0 Å². The molecule has 0 N–H and O–H groups in total. The van der Waals surface area contributed by atoms with Crippen LogP contribution in [-0.4, -0.2) is 9.49 Å². The third-order valence-electron chi connectivity index (χ3n) is 4.55. The molecule has 4 aromatic rings. The summed E-state index contributed by atoms with van der Waals surface area (Å²) in [7, 11) is 0. The van der Waals surface area contributed by atoms with E-state index in [4.69, 9.17) is 0 Å². The zero-order valence-electron chi connectivity index (χ0n) is 14.4. The third kappa shape index (κ3) is 3.11. The van der Waals surface area contributed by atoms with Crippen LogP contribution >= 0.6 is 0 Å². The number of para-hydroxylation sites is 1. The van der Waals surface area contributed by atoms with E-state index in [1.165, 1.54) is 12.1 Å². The number of fused-ring (bicyclic) bond motifs is 1. The number of benzene rings is 3. The number of aromatic nitrogens is 1. The highest BCUT2D eigenvalue weighted by Crippen LogP contribution is 2.34. The van der Waals surface area contributed by atoms with E-state index in [9.17, 15) is 23.3 Å². The molecule has 3 aromatic carbocycles. The van der Waals surface area contributed by atoms with Crippen LogP contribution in [0.1, 0.15) is 5.56 Å². The Labute approximate surface area is 157 Å². The minimum atomic E-state index is -4.42. The van der Waals surface area contributed by atoms with Crippen molar-refractivity contribution in [3.05, 3.63) is 94.7 Å². The number of halogens is 3. The smallest absolute Gasteiger partial charge is 0.317 e. The Morgan fingerprint density at radius 2 is 1.68 bits per heavy atom. The van der Waals surface area contributed by atoms with Crippen LogP contribution in [0.15, 0.2) is 79.0 Å². The lowest BCUT2D eigenvalue weighted by Gasteiger charge is -2.11. The van der Waals surface area contributed by atoms with Crippen molar-refractivity contribution in [3.63, 3.8) is 0 Å². The van der Waals surface area contributed by atoms with Gasteiger partial charge in [0.2, 0.25) is 0 Å². The van der Waals surface area contributed by atoms with Gasteiger partial charge >= 0.3 is 6.18 Å². The van der Waals surface area contributed by atoms with Gasteiger partial charge in [-0.25, -0.2) is 0 Å². The van der Waals surface area contributed by atoms with Gasteiger partial charge in [0.05, 0.1) is 21.6 Å². The number of nitro benzene ring substituents is 1. The van der Waals surface area contributed by atoms with Crippen molar-refractivity contribution in [1.82, 2.24) is 4.57 Å². The van der Waals surface area contributed by atoms with Gasteiger partial charge in [-0.3, -0.25) is 10.1 Å². The van der Waals surface area contributed by atoms with E-state index < -0.39 is 16.7 Å². The number of nitro groups is 1. The third-order valence-corrected chi connectivity index (χ3v) is 4.55. The molecule has 4 nitrogen and oxygen atoms in total. The van der Waals surface area contributed by atoms with Crippen molar-refractivity contribution in [2.24, 2.45) is 0 Å². The molecule has 0 atom stereocenters. The Balaban J connectivity index is 1.81. The first kappa shape index (κ1) is 17.8. The summed E-state index contributed by atoms with van der Waals surface area (Å²) < 4.78 is 40.7. The molecule has 0 aliphatic heterocycles. The predicted octanol–water partition coefficient (Wildman–Crippen LogP) is 6.22. The van der Waals surface area contributed by atoms with Gasteiger partial charge in [0.1, 0.15) is 0 Å². The molecular formula is C21H13F3N2O2. The van der Waals surface area contributed by atoms with Crippen LogP contribution in [0, 0.1) is 10.1 Å². The fourth-order valence-corrected chi connectivity index (χ4v) is 3.24. The number of nitrogens with zero attached hydrogens (tertiary/aromatic N) is 2. The van der Waals surface area contributed by atoms with Gasteiger partial charge in [0, 0.05) is 23.3 Å². The van der Waals surface area contributed by atoms with Crippen molar-refractivity contribution in [2.75, 3.05) is 0 Å². The van der Waals surface area contributed by atoms with Crippen LogP contribution in [0.5, 0.6) is 0 Å². The molecule has 4 rings (SSSR count). The minimum Gasteiger partial charge on any atom is -0.317 e. The fourth-order valence-electron chi connectivity index (χ4n) is 3.24. The molecule has 7 heteroatoms. The van der Waals surface area contributed by atoms with Gasteiger partial charge in [-0.05, 0) is 48.0 Å². The Hall–Kier alpha value is -3.61. The Morgan fingerprint density at radius 3 is 2.43 bits per heavy atom. The maximum absolute atomic E-state index is 13.0. The molecule has 0 amide bonds. The molecule has 0 aliphatic rings. The van der Waals surface area contributed by atoms with E-state index >= 15 is 0 Å². The topological polar surface area (TPSA) is 48.1 Å². The molecule has 1 aromatic heterocycles. The predicted molar refractivity (Wildman–Crippen MR) is 100 cm³/mol. The maximum atomic E-state index is 13.0. The van der Waals surface area contributed by atoms with Crippen molar-refractivity contribution < 1.29 is 18.1 Å². The molecule has 0 fully saturated rings. The first-order valence-electron chi connectivity index (χ1n) is 8.37. The van der Waals surface area contributed by atoms with Gasteiger partial charge in [-0.15, -0.1) is 0 Å². The average molecular weight is 382 g/mol. The summed E-state index contributed by atoms with van der Waals surface area (Å²) in [6.45, 7) is 0. The average Bonchev–Trinajstić information content (AvgIpc) is 3.10. The molecular weight excluding hydrogens is 369 g/mol. The van der Waals surface area contributed by atoms with Crippen molar-refractivity contribution in [2.45, 2.75) is 6.18 Å². The molecule has 140 valence electrons. The van der Waals surface area contributed by atoms with Crippen molar-refractivity contribution >= 4 is 16.6 Å². The summed E-state index contributed by atoms with van der Waals surface area (Å²) in [5.74, 6) is 0. The second kappa shape index (κ2) is 6.53. The van der Waals surface area contributed by atoms with Crippen LogP contribution in [0.25, 0.3) is 27.7 Å². The standard InChI is InChI=1S/C21H13F3N2O2/c22-21(23,24)16-4-3-5-17(13-16)25-11-10-15-12-14(8-9-19(15)25)18-6-1-2-7-20(18)26(27)28/h1-13H. The summed E-state index contributed by atoms with van der Waals surface area (Å²) in [5, 5.41) is 12.0. The molecule has 0 saturated carbocycles. The lowest BCUT2D eigenvalue weighted by Crippen LogP contribution is -2.05. The van der Waals surface area contributed by atoms with E-state index in [0.29, 0.717) is 22.3 Å². The second-order valence-corrected chi connectivity index (χ2v) is 6.28. The second-order valence-electron chi connectivity index (χ2n) is 6.28. The SMILES string of the molecule is O=[N+]([O-])c1ccccc1-c1ccc2c(ccn2-c2cccc(C(F)(F)F)c2)c1. The van der Waals surface area contributed by atoms with Gasteiger partial charge in [0.25, 0.3) is 5.69 Å². The van der Waals surface area contributed by atoms with E-state index in [-0.39, 0.29) is 5.69 Å². The van der Waals surface area contributed by atoms with Crippen LogP contribution in [0.2, 0.25) is 0 Å². The molecule has 1 heterocycles. The van der Waals surface area contributed by atoms with Gasteiger partial charge in [-0.1, -0.05) is 24.3 Å². The number of alkyl halides is 3. The van der Waals surface area contributed by atoms with Crippen molar-refractivity contribution in [3.8, 4) is 16.8 Å². The monoisotopic (exact) mass is 382 g/mol. The van der Waals surface area contributed by atoms with E-state index in [2.05, 4.69) is 0 Å². The highest BCUT2D eigenvalue weighted by atomic mass is 19.4. The summed E-state index contributed by atoms with van der Waals surface area (Å²) in [4.78, 5) is 10.8. The first-order valence-corrected chi connectivity index (χ1v) is 8.37. The van der Waals surface area contributed by atoms with Gasteiger partial charge < -0.3 is 4.57 Å². The Morgan fingerprint density at radius 1 is 0.893 bits per heavy atom. The highest BCUT2D eigenvalue weighted by Gasteiger charge is 2.30. The van der Waals surface area contributed by atoms with Gasteiger partial charge in [0.15, 0.2) is 0 Å². The quantitative estimate of drug-likeness (QED) is 0.312. The lowest BCUT2D eigenvalue weighted by molar-refractivity contribution is -0.384. The highest BCUT2D eigenvalue weighted by molar-refractivity contribution is 5.88. The maximum Gasteiger partial charge on any atom is 0.416 e. The van der Waals surface area contributed by atoms with E-state index in [1.807, 2.05) is 0 Å². The summed E-state index contributed by atoms with van der Waals surface area (Å²) in [5.41, 5.74) is 1.54. The van der Waals surface area contributed by atoms with Crippen LogP contribution < -0.4 is 0 Å². The normalized spacial score (nSPS) is 11.7. The largest absolute Gasteiger partial charge is 0.416 e. The Kier molecular flexibility index (Phi) is 4.15. The molecule has 0 spiro atoms. The molecule has 0 radical (unpaired) electrons. The fraction of sp³-hybridized carbons (Fsp3) is 0.0476. The summed E-state index contributed by atoms with van der Waals surface area (Å²) in [6.07, 6.45) is -2.73. The summed E-state index contributed by atoms with van der Waals surface area (Å²) in [6, 6.07) is 18.6. The minimum absolute atomic E-state index is 0.000777. The van der Waals surface area contributed by atoms with Crippen LogP contribution in [-0.2, 0) is 6.18 Å². The molecule has 0 aliphatic carbocycles. The molecule has 0 saturated heterocycles. The molecule has 0 unspecified atom stereocenters. The molecule has 28 heavy (non-hydrogen) atoms. The zero-order valence-corrected chi connectivity index (χ0v) is 14.4. The lowest BCUT2D eigenvalue weighted by atomic mass is 10.0. The number of rotatable bonds is 3. The first-order chi connectivity index (χ1) is 13.3. The van der Waals surface area contributed by atoms with Gasteiger partial charge in [-0.2, -0.15) is 13.2 Å². The summed E-state index contributed by atoms with van der Waals surface area (Å²) >= 11 is 0. The van der Waals surface area contributed by atoms with Crippen molar-refractivity contribution in [1.29, 1.82) is 0 Å². The van der Waals surface area contributed by atoms with Crippen LogP contribution in [0.4, 0.5) is 18.9 Å². The zero-order chi connectivity index (χ0) is 19.9. The molecule has 0 bridgehead atoms. The number of hydrogen-bond acceptors (Lipinski definition) is 2. The number of hydrogen-bond donors (Lipinski definition) is 0. The van der Waals surface area contributed by atoms with E-state index in [0.717, 1.165) is 17.5 Å². The Bertz CT molecular complexity index is 1200. The van der Waals surface area contributed by atoms with E-state index in [1.54, 1.807) is 59.3 Å².